The minimum atomic E-state index is -0.347. The fourth-order valence-electron chi connectivity index (χ4n) is 3.19. The number of nitrogens with one attached hydrogen (secondary N) is 1. The molecule has 134 valence electrons. The summed E-state index contributed by atoms with van der Waals surface area (Å²) < 4.78 is 13.4. The number of rotatable bonds is 4. The molecule has 3 aromatic carbocycles. The number of nitrogens with zero attached hydrogens (tertiary/aromatic N) is 1. The number of halogens is 1. The SMILES string of the molecule is Cc1ccc(NC(c2ccc(F)cc2)c2ccc3cccnc3c2O)cc1. The van der Waals surface area contributed by atoms with Crippen LogP contribution in [0.5, 0.6) is 5.75 Å². The lowest BCUT2D eigenvalue weighted by atomic mass is 9.96. The van der Waals surface area contributed by atoms with Crippen molar-refractivity contribution in [2.75, 3.05) is 5.32 Å². The zero-order valence-electron chi connectivity index (χ0n) is 14.9. The van der Waals surface area contributed by atoms with Gasteiger partial charge in [0.15, 0.2) is 0 Å². The van der Waals surface area contributed by atoms with E-state index in [1.165, 1.54) is 12.1 Å². The second kappa shape index (κ2) is 7.08. The first-order valence-electron chi connectivity index (χ1n) is 8.77. The number of aromatic hydroxyl groups is 1. The lowest BCUT2D eigenvalue weighted by Crippen LogP contribution is -2.13. The molecule has 0 saturated carbocycles. The summed E-state index contributed by atoms with van der Waals surface area (Å²) in [6, 6.07) is 21.5. The van der Waals surface area contributed by atoms with Crippen molar-refractivity contribution in [1.82, 2.24) is 4.98 Å². The Morgan fingerprint density at radius 2 is 1.67 bits per heavy atom. The molecule has 0 radical (unpaired) electrons. The van der Waals surface area contributed by atoms with Gasteiger partial charge in [0.05, 0.1) is 6.04 Å². The van der Waals surface area contributed by atoms with Crippen molar-refractivity contribution in [3.63, 3.8) is 0 Å². The van der Waals surface area contributed by atoms with Gasteiger partial charge in [0.1, 0.15) is 17.1 Å². The Morgan fingerprint density at radius 3 is 2.41 bits per heavy atom. The normalized spacial score (nSPS) is 12.1. The zero-order valence-corrected chi connectivity index (χ0v) is 14.9. The van der Waals surface area contributed by atoms with E-state index in [1.807, 2.05) is 55.5 Å². The number of phenols is 1. The van der Waals surface area contributed by atoms with Gasteiger partial charge in [-0.2, -0.15) is 0 Å². The van der Waals surface area contributed by atoms with Gasteiger partial charge in [-0.3, -0.25) is 4.98 Å². The minimum Gasteiger partial charge on any atom is -0.505 e. The van der Waals surface area contributed by atoms with E-state index in [0.717, 1.165) is 22.2 Å². The number of benzene rings is 3. The van der Waals surface area contributed by atoms with Crippen LogP contribution in [-0.2, 0) is 0 Å². The molecule has 4 rings (SSSR count). The molecule has 0 aliphatic rings. The minimum absolute atomic E-state index is 0.127. The summed E-state index contributed by atoms with van der Waals surface area (Å²) >= 11 is 0. The summed E-state index contributed by atoms with van der Waals surface area (Å²) in [4.78, 5) is 4.31. The molecule has 1 heterocycles. The molecule has 0 fully saturated rings. The van der Waals surface area contributed by atoms with E-state index >= 15 is 0 Å². The number of aryl methyl sites for hydroxylation is 1. The smallest absolute Gasteiger partial charge is 0.147 e. The van der Waals surface area contributed by atoms with Gasteiger partial charge in [-0.1, -0.05) is 48.0 Å². The number of hydrogen-bond acceptors (Lipinski definition) is 3. The lowest BCUT2D eigenvalue weighted by Gasteiger charge is -2.22. The molecule has 4 heteroatoms. The van der Waals surface area contributed by atoms with Crippen LogP contribution in [0.2, 0.25) is 0 Å². The molecule has 1 aromatic heterocycles. The van der Waals surface area contributed by atoms with Crippen LogP contribution < -0.4 is 5.32 Å². The fraction of sp³-hybridized carbons (Fsp3) is 0.0870. The van der Waals surface area contributed by atoms with Crippen molar-refractivity contribution in [1.29, 1.82) is 0 Å². The molecule has 1 atom stereocenters. The third kappa shape index (κ3) is 3.47. The van der Waals surface area contributed by atoms with Gasteiger partial charge in [-0.05, 0) is 42.8 Å². The first kappa shape index (κ1) is 17.0. The van der Waals surface area contributed by atoms with E-state index in [-0.39, 0.29) is 17.6 Å². The van der Waals surface area contributed by atoms with Gasteiger partial charge in [0.2, 0.25) is 0 Å². The van der Waals surface area contributed by atoms with Gasteiger partial charge in [0.25, 0.3) is 0 Å². The van der Waals surface area contributed by atoms with Crippen molar-refractivity contribution in [2.45, 2.75) is 13.0 Å². The fourth-order valence-corrected chi connectivity index (χ4v) is 3.19. The molecule has 4 aromatic rings. The maximum Gasteiger partial charge on any atom is 0.147 e. The van der Waals surface area contributed by atoms with E-state index in [1.54, 1.807) is 18.3 Å². The van der Waals surface area contributed by atoms with E-state index < -0.39 is 0 Å². The average Bonchev–Trinajstić information content (AvgIpc) is 2.69. The molecule has 0 amide bonds. The van der Waals surface area contributed by atoms with Crippen LogP contribution in [-0.4, -0.2) is 10.1 Å². The summed E-state index contributed by atoms with van der Waals surface area (Å²) in [6.07, 6.45) is 1.66. The number of anilines is 1. The number of phenolic OH excluding ortho intramolecular Hbond substituents is 1. The Labute approximate surface area is 157 Å². The van der Waals surface area contributed by atoms with Gasteiger partial charge < -0.3 is 10.4 Å². The summed E-state index contributed by atoms with van der Waals surface area (Å²) in [7, 11) is 0. The highest BCUT2D eigenvalue weighted by Crippen LogP contribution is 2.36. The van der Waals surface area contributed by atoms with E-state index in [4.69, 9.17) is 0 Å². The predicted molar refractivity (Wildman–Crippen MR) is 106 cm³/mol. The molecular weight excluding hydrogens is 339 g/mol. The van der Waals surface area contributed by atoms with E-state index in [9.17, 15) is 9.50 Å². The van der Waals surface area contributed by atoms with Crippen molar-refractivity contribution >= 4 is 16.6 Å². The maximum absolute atomic E-state index is 13.4. The molecule has 1 unspecified atom stereocenters. The van der Waals surface area contributed by atoms with E-state index in [2.05, 4.69) is 10.3 Å². The number of pyridine rings is 1. The third-order valence-electron chi connectivity index (χ3n) is 4.66. The van der Waals surface area contributed by atoms with Crippen LogP contribution in [0, 0.1) is 12.7 Å². The number of aromatic nitrogens is 1. The highest BCUT2D eigenvalue weighted by molar-refractivity contribution is 5.86. The predicted octanol–water partition coefficient (Wildman–Crippen LogP) is 5.59. The highest BCUT2D eigenvalue weighted by Gasteiger charge is 2.20. The van der Waals surface area contributed by atoms with Crippen LogP contribution in [0.25, 0.3) is 10.9 Å². The lowest BCUT2D eigenvalue weighted by molar-refractivity contribution is 0.471. The summed E-state index contributed by atoms with van der Waals surface area (Å²) in [6.45, 7) is 2.03. The van der Waals surface area contributed by atoms with Crippen molar-refractivity contribution in [3.8, 4) is 5.75 Å². The Hall–Kier alpha value is -3.40. The molecule has 0 spiro atoms. The quantitative estimate of drug-likeness (QED) is 0.500. The van der Waals surface area contributed by atoms with Gasteiger partial charge in [-0.25, -0.2) is 4.39 Å². The Morgan fingerprint density at radius 1 is 0.926 bits per heavy atom. The number of fused-ring (bicyclic) bond motifs is 1. The van der Waals surface area contributed by atoms with Crippen molar-refractivity contribution in [3.05, 3.63) is 102 Å². The number of hydrogen-bond donors (Lipinski definition) is 2. The third-order valence-corrected chi connectivity index (χ3v) is 4.66. The standard InChI is InChI=1S/C23H19FN2O/c1-15-4-11-19(12-5-15)26-21(17-6-9-18(24)10-7-17)20-13-8-16-3-2-14-25-22(16)23(20)27/h2-14,21,26-27H,1H3. The molecule has 27 heavy (non-hydrogen) atoms. The van der Waals surface area contributed by atoms with Crippen LogP contribution >= 0.6 is 0 Å². The Kier molecular flexibility index (Phi) is 4.47. The van der Waals surface area contributed by atoms with Crippen LogP contribution in [0.15, 0.2) is 79.0 Å². The Balaban J connectivity index is 1.83. The van der Waals surface area contributed by atoms with Gasteiger partial charge in [-0.15, -0.1) is 0 Å². The van der Waals surface area contributed by atoms with Gasteiger partial charge in [0, 0.05) is 22.8 Å². The average molecular weight is 358 g/mol. The van der Waals surface area contributed by atoms with E-state index in [0.29, 0.717) is 11.1 Å². The zero-order chi connectivity index (χ0) is 18.8. The Bertz CT molecular complexity index is 1080. The summed E-state index contributed by atoms with van der Waals surface area (Å²) in [5, 5.41) is 15.2. The molecule has 3 nitrogen and oxygen atoms in total. The highest BCUT2D eigenvalue weighted by atomic mass is 19.1. The molecule has 0 saturated heterocycles. The molecule has 2 N–H and O–H groups in total. The molecular formula is C23H19FN2O. The monoisotopic (exact) mass is 358 g/mol. The maximum atomic E-state index is 13.4. The first-order chi connectivity index (χ1) is 13.1. The van der Waals surface area contributed by atoms with Crippen LogP contribution in [0.4, 0.5) is 10.1 Å². The van der Waals surface area contributed by atoms with Crippen molar-refractivity contribution < 1.29 is 9.50 Å². The summed E-state index contributed by atoms with van der Waals surface area (Å²) in [5.74, 6) is -0.167. The summed E-state index contributed by atoms with van der Waals surface area (Å²) in [5.41, 5.74) is 4.16. The molecule has 0 aliphatic heterocycles. The molecule has 0 aliphatic carbocycles. The molecule has 0 bridgehead atoms. The first-order valence-corrected chi connectivity index (χ1v) is 8.77. The van der Waals surface area contributed by atoms with Gasteiger partial charge >= 0.3 is 0 Å². The second-order valence-electron chi connectivity index (χ2n) is 6.57. The largest absolute Gasteiger partial charge is 0.505 e. The van der Waals surface area contributed by atoms with Crippen LogP contribution in [0.3, 0.4) is 0 Å². The second-order valence-corrected chi connectivity index (χ2v) is 6.57. The van der Waals surface area contributed by atoms with Crippen molar-refractivity contribution in [2.24, 2.45) is 0 Å². The topological polar surface area (TPSA) is 45.2 Å². The van der Waals surface area contributed by atoms with Crippen LogP contribution in [0.1, 0.15) is 22.7 Å².